The number of amides is 2. The number of sulfonamides is 1. The number of ether oxygens (including phenoxy) is 3. The highest BCUT2D eigenvalue weighted by Gasteiger charge is 2.33. The number of anilines is 1. The molecule has 0 aliphatic carbocycles. The minimum atomic E-state index is -4.29. The third-order valence-corrected chi connectivity index (χ3v) is 8.64. The Morgan fingerprint density at radius 2 is 1.59 bits per heavy atom. The normalized spacial score (nSPS) is 11.8. The Balaban J connectivity index is 2.07. The fourth-order valence-electron chi connectivity index (χ4n) is 4.09. The third kappa shape index (κ3) is 7.70. The summed E-state index contributed by atoms with van der Waals surface area (Å²) in [6.45, 7) is 3.40. The van der Waals surface area contributed by atoms with E-state index in [9.17, 15) is 18.0 Å². The van der Waals surface area contributed by atoms with E-state index in [-0.39, 0.29) is 28.8 Å². The molecule has 0 spiro atoms. The Bertz CT molecular complexity index is 1450. The second-order valence-corrected chi connectivity index (χ2v) is 11.7. The molecule has 0 heterocycles. The van der Waals surface area contributed by atoms with E-state index in [2.05, 4.69) is 21.2 Å². The summed E-state index contributed by atoms with van der Waals surface area (Å²) in [5, 5.41) is 2.57. The molecule has 2 amide bonds. The molecule has 0 aromatic heterocycles. The molecule has 3 rings (SSSR count). The number of hydrogen-bond acceptors (Lipinski definition) is 7. The Morgan fingerprint density at radius 3 is 2.15 bits per heavy atom. The number of benzene rings is 3. The Kier molecular flexibility index (Phi) is 11.0. The van der Waals surface area contributed by atoms with Crippen LogP contribution in [0.1, 0.15) is 19.4 Å². The van der Waals surface area contributed by atoms with Gasteiger partial charge >= 0.3 is 0 Å². The molecule has 1 N–H and O–H groups in total. The molecular formula is C29H34BrN3O7S. The minimum absolute atomic E-state index is 0.0915. The van der Waals surface area contributed by atoms with Crippen LogP contribution in [0.5, 0.6) is 17.2 Å². The number of carbonyl (C=O) groups is 2. The second-order valence-electron chi connectivity index (χ2n) is 8.89. The Morgan fingerprint density at radius 1 is 0.951 bits per heavy atom. The van der Waals surface area contributed by atoms with Gasteiger partial charge in [-0.2, -0.15) is 0 Å². The van der Waals surface area contributed by atoms with Gasteiger partial charge in [-0.15, -0.1) is 0 Å². The average Bonchev–Trinajstić information content (AvgIpc) is 2.98. The summed E-state index contributed by atoms with van der Waals surface area (Å²) >= 11 is 3.40. The van der Waals surface area contributed by atoms with Gasteiger partial charge in [0.2, 0.25) is 11.8 Å². The topological polar surface area (TPSA) is 114 Å². The number of nitrogens with zero attached hydrogens (tertiary/aromatic N) is 2. The van der Waals surface area contributed by atoms with Gasteiger partial charge in [-0.25, -0.2) is 8.42 Å². The highest BCUT2D eigenvalue weighted by atomic mass is 79.9. The van der Waals surface area contributed by atoms with Crippen molar-refractivity contribution in [2.45, 2.75) is 31.3 Å². The lowest BCUT2D eigenvalue weighted by molar-refractivity contribution is -0.139. The van der Waals surface area contributed by atoms with Crippen LogP contribution in [0, 0.1) is 0 Å². The van der Waals surface area contributed by atoms with E-state index in [0.717, 1.165) is 14.3 Å². The molecular weight excluding hydrogens is 614 g/mol. The Labute approximate surface area is 249 Å². The maximum atomic E-state index is 14.1. The highest BCUT2D eigenvalue weighted by Crippen LogP contribution is 2.33. The average molecular weight is 649 g/mol. The lowest BCUT2D eigenvalue weighted by Gasteiger charge is -2.32. The molecule has 0 saturated carbocycles. The fourth-order valence-corrected chi connectivity index (χ4v) is 5.78. The summed E-state index contributed by atoms with van der Waals surface area (Å²) in [7, 11) is 0.0422. The van der Waals surface area contributed by atoms with Crippen molar-refractivity contribution in [3.05, 3.63) is 76.8 Å². The van der Waals surface area contributed by atoms with E-state index >= 15 is 0 Å². The summed E-state index contributed by atoms with van der Waals surface area (Å²) in [4.78, 5) is 27.8. The highest BCUT2D eigenvalue weighted by molar-refractivity contribution is 9.10. The molecule has 0 aliphatic rings. The molecule has 12 heteroatoms. The van der Waals surface area contributed by atoms with Crippen LogP contribution < -0.4 is 23.8 Å². The van der Waals surface area contributed by atoms with Gasteiger partial charge in [0.1, 0.15) is 18.3 Å². The van der Waals surface area contributed by atoms with Gasteiger partial charge in [-0.05, 0) is 67.9 Å². The molecule has 0 aliphatic heterocycles. The van der Waals surface area contributed by atoms with Crippen LogP contribution in [0.2, 0.25) is 0 Å². The summed E-state index contributed by atoms with van der Waals surface area (Å²) in [6, 6.07) is 17.0. The lowest BCUT2D eigenvalue weighted by Crippen LogP contribution is -2.50. The van der Waals surface area contributed by atoms with Crippen molar-refractivity contribution in [2.75, 3.05) is 38.7 Å². The van der Waals surface area contributed by atoms with Crippen LogP contribution in [0.25, 0.3) is 0 Å². The number of rotatable bonds is 13. The van der Waals surface area contributed by atoms with E-state index in [4.69, 9.17) is 14.2 Å². The molecule has 220 valence electrons. The van der Waals surface area contributed by atoms with Crippen LogP contribution >= 0.6 is 15.9 Å². The van der Waals surface area contributed by atoms with Crippen LogP contribution in [0.4, 0.5) is 5.69 Å². The van der Waals surface area contributed by atoms with E-state index < -0.39 is 28.5 Å². The number of likely N-dealkylation sites (N-methyl/N-ethyl adjacent to an activating group) is 1. The van der Waals surface area contributed by atoms with Crippen molar-refractivity contribution in [1.82, 2.24) is 10.2 Å². The standard InChI is InChI=1S/C29H34BrN3O7S/c1-6-40-24-13-11-23(12-14-24)33(41(36,37)25-15-16-26(38-4)27(17-25)39-5)19-28(34)32(20(2)29(35)31-3)18-21-7-9-22(30)10-8-21/h7-17,20H,6,18-19H2,1-5H3,(H,31,35)/t20-/m0/s1. The monoisotopic (exact) mass is 647 g/mol. The summed E-state index contributed by atoms with van der Waals surface area (Å²) in [5.74, 6) is 0.177. The number of methoxy groups -OCH3 is 2. The van der Waals surface area contributed by atoms with Crippen molar-refractivity contribution in [2.24, 2.45) is 0 Å². The van der Waals surface area contributed by atoms with Crippen LogP contribution in [0.3, 0.4) is 0 Å². The molecule has 1 atom stereocenters. The van der Waals surface area contributed by atoms with Crippen LogP contribution in [0.15, 0.2) is 76.1 Å². The maximum Gasteiger partial charge on any atom is 0.264 e. The quantitative estimate of drug-likeness (QED) is 0.295. The van der Waals surface area contributed by atoms with Gasteiger partial charge in [0.25, 0.3) is 10.0 Å². The zero-order valence-corrected chi connectivity index (χ0v) is 26.0. The first-order chi connectivity index (χ1) is 19.5. The van der Waals surface area contributed by atoms with Crippen LogP contribution in [-0.4, -0.2) is 65.6 Å². The van der Waals surface area contributed by atoms with Crippen molar-refractivity contribution in [3.8, 4) is 17.2 Å². The molecule has 0 fully saturated rings. The number of carbonyl (C=O) groups excluding carboxylic acids is 2. The predicted molar refractivity (Wildman–Crippen MR) is 160 cm³/mol. The minimum Gasteiger partial charge on any atom is -0.494 e. The molecule has 0 saturated heterocycles. The first-order valence-corrected chi connectivity index (χ1v) is 15.0. The zero-order chi connectivity index (χ0) is 30.2. The molecule has 0 unspecified atom stereocenters. The van der Waals surface area contributed by atoms with E-state index in [1.165, 1.54) is 44.4 Å². The largest absolute Gasteiger partial charge is 0.494 e. The van der Waals surface area contributed by atoms with Gasteiger partial charge in [0, 0.05) is 24.1 Å². The van der Waals surface area contributed by atoms with Crippen molar-refractivity contribution in [3.63, 3.8) is 0 Å². The molecule has 0 radical (unpaired) electrons. The fraction of sp³-hybridized carbons (Fsp3) is 0.310. The van der Waals surface area contributed by atoms with Crippen molar-refractivity contribution >= 4 is 43.5 Å². The predicted octanol–water partition coefficient (Wildman–Crippen LogP) is 4.22. The van der Waals surface area contributed by atoms with Crippen LogP contribution in [-0.2, 0) is 26.2 Å². The maximum absolute atomic E-state index is 14.1. The SMILES string of the molecule is CCOc1ccc(N(CC(=O)N(Cc2ccc(Br)cc2)[C@@H](C)C(=O)NC)S(=O)(=O)c2ccc(OC)c(OC)c2)cc1. The van der Waals surface area contributed by atoms with E-state index in [0.29, 0.717) is 18.1 Å². The van der Waals surface area contributed by atoms with Gasteiger partial charge < -0.3 is 24.4 Å². The zero-order valence-electron chi connectivity index (χ0n) is 23.6. The molecule has 3 aromatic carbocycles. The van der Waals surface area contributed by atoms with Gasteiger partial charge in [0.15, 0.2) is 11.5 Å². The Hall–Kier alpha value is -3.77. The second kappa shape index (κ2) is 14.2. The third-order valence-electron chi connectivity index (χ3n) is 6.34. The van der Waals surface area contributed by atoms with E-state index in [1.807, 2.05) is 31.2 Å². The molecule has 0 bridgehead atoms. The summed E-state index contributed by atoms with van der Waals surface area (Å²) < 4.78 is 46.1. The van der Waals surface area contributed by atoms with Crippen molar-refractivity contribution in [1.29, 1.82) is 0 Å². The number of nitrogens with one attached hydrogen (secondary N) is 1. The number of halogens is 1. The summed E-state index contributed by atoms with van der Waals surface area (Å²) in [5.41, 5.74) is 1.01. The van der Waals surface area contributed by atoms with Gasteiger partial charge in [-0.3, -0.25) is 13.9 Å². The first-order valence-electron chi connectivity index (χ1n) is 12.8. The first kappa shape index (κ1) is 31.8. The van der Waals surface area contributed by atoms with Gasteiger partial charge in [-0.1, -0.05) is 28.1 Å². The lowest BCUT2D eigenvalue weighted by atomic mass is 10.1. The molecule has 41 heavy (non-hydrogen) atoms. The van der Waals surface area contributed by atoms with Gasteiger partial charge in [0.05, 0.1) is 31.4 Å². The molecule has 3 aromatic rings. The van der Waals surface area contributed by atoms with Crippen molar-refractivity contribution < 1.29 is 32.2 Å². The number of hydrogen-bond donors (Lipinski definition) is 1. The van der Waals surface area contributed by atoms with E-state index in [1.54, 1.807) is 31.2 Å². The smallest absolute Gasteiger partial charge is 0.264 e. The molecule has 10 nitrogen and oxygen atoms in total. The summed E-state index contributed by atoms with van der Waals surface area (Å²) in [6.07, 6.45) is 0.